The second-order valence-electron chi connectivity index (χ2n) is 7.92. The summed E-state index contributed by atoms with van der Waals surface area (Å²) >= 11 is 0. The van der Waals surface area contributed by atoms with Crippen molar-refractivity contribution in [3.8, 4) is 0 Å². The van der Waals surface area contributed by atoms with Crippen LogP contribution in [0, 0.1) is 13.8 Å². The van der Waals surface area contributed by atoms with Crippen LogP contribution < -0.4 is 0 Å². The molecule has 0 fully saturated rings. The molecule has 1 heterocycles. The number of aryl methyl sites for hydroxylation is 2. The number of carbonyl (C=O) groups is 2. The van der Waals surface area contributed by atoms with Crippen molar-refractivity contribution >= 4 is 19.5 Å². The Hall–Kier alpha value is -3.26. The molecule has 0 saturated carbocycles. The average Bonchev–Trinajstić information content (AvgIpc) is 3.16. The lowest BCUT2D eigenvalue weighted by Gasteiger charge is -2.31. The number of carboxylic acid groups (broad SMARTS) is 1. The normalized spacial score (nSPS) is 12.4. The molecule has 3 rings (SSSR count). The molecular weight excluding hydrogens is 447 g/mol. The molecule has 33 heavy (non-hydrogen) atoms. The van der Waals surface area contributed by atoms with E-state index in [9.17, 15) is 29.0 Å². The summed E-state index contributed by atoms with van der Waals surface area (Å²) in [7, 11) is -4.21. The zero-order chi connectivity index (χ0) is 24.2. The third-order valence-corrected chi connectivity index (χ3v) is 5.82. The fourth-order valence-electron chi connectivity index (χ4n) is 3.57. The molecule has 0 aliphatic heterocycles. The van der Waals surface area contributed by atoms with Crippen LogP contribution >= 0.6 is 7.60 Å². The van der Waals surface area contributed by atoms with Crippen molar-refractivity contribution < 1.29 is 33.6 Å². The van der Waals surface area contributed by atoms with Gasteiger partial charge in [-0.15, -0.1) is 0 Å². The van der Waals surface area contributed by atoms with E-state index in [1.807, 2.05) is 19.1 Å². The Bertz CT molecular complexity index is 1180. The number of aliphatic carboxylic acids is 1. The summed E-state index contributed by atoms with van der Waals surface area (Å²) in [5.41, 5.74) is 2.78. The van der Waals surface area contributed by atoms with Crippen molar-refractivity contribution in [2.75, 3.05) is 0 Å². The first kappa shape index (κ1) is 24.4. The van der Waals surface area contributed by atoms with Crippen molar-refractivity contribution in [1.82, 2.24) is 10.1 Å². The van der Waals surface area contributed by atoms with Crippen LogP contribution in [0.15, 0.2) is 59.1 Å². The van der Waals surface area contributed by atoms with Crippen molar-refractivity contribution in [2.45, 2.75) is 39.0 Å². The average molecular weight is 472 g/mol. The summed E-state index contributed by atoms with van der Waals surface area (Å²) in [4.78, 5) is 44.9. The van der Waals surface area contributed by atoms with E-state index >= 15 is 0 Å². The molecule has 0 aliphatic rings. The number of nitrogens with zero attached hydrogens (tertiary/aromatic N) is 2. The molecule has 3 N–H and O–H groups in total. The predicted molar refractivity (Wildman–Crippen MR) is 119 cm³/mol. The fourth-order valence-corrected chi connectivity index (χ4v) is 4.26. The Balaban J connectivity index is 2.00. The number of benzene rings is 2. The topological polar surface area (TPSA) is 141 Å². The lowest BCUT2D eigenvalue weighted by molar-refractivity contribution is -0.138. The summed E-state index contributed by atoms with van der Waals surface area (Å²) in [5.74, 6) is -1.10. The molecule has 10 heteroatoms. The van der Waals surface area contributed by atoms with Crippen LogP contribution in [-0.4, -0.2) is 36.8 Å². The van der Waals surface area contributed by atoms with Crippen molar-refractivity contribution in [3.05, 3.63) is 88.3 Å². The van der Waals surface area contributed by atoms with Crippen molar-refractivity contribution in [1.29, 1.82) is 0 Å². The quantitative estimate of drug-likeness (QED) is 0.399. The minimum atomic E-state index is -4.21. The maximum Gasteiger partial charge on any atom is 0.329 e. The molecular formula is C23H25N2O7P. The molecule has 0 aliphatic carbocycles. The molecule has 2 aromatic carbocycles. The van der Waals surface area contributed by atoms with E-state index in [1.54, 1.807) is 43.3 Å². The van der Waals surface area contributed by atoms with Crippen molar-refractivity contribution in [2.24, 2.45) is 0 Å². The van der Waals surface area contributed by atoms with Gasteiger partial charge in [-0.25, -0.2) is 0 Å². The van der Waals surface area contributed by atoms with Crippen molar-refractivity contribution in [3.63, 3.8) is 0 Å². The van der Waals surface area contributed by atoms with Gasteiger partial charge >= 0.3 is 13.6 Å². The number of carbonyl (C=O) groups excluding carboxylic acids is 1. The zero-order valence-electron chi connectivity index (χ0n) is 18.2. The van der Waals surface area contributed by atoms with Gasteiger partial charge in [-0.1, -0.05) is 59.3 Å². The van der Waals surface area contributed by atoms with Crippen LogP contribution in [0.25, 0.3) is 0 Å². The molecule has 1 atom stereocenters. The first-order valence-corrected chi connectivity index (χ1v) is 12.0. The Labute approximate surface area is 190 Å². The number of aromatic nitrogens is 1. The van der Waals surface area contributed by atoms with E-state index in [0.29, 0.717) is 22.5 Å². The number of hydrogen-bond acceptors (Lipinski definition) is 5. The lowest BCUT2D eigenvalue weighted by atomic mass is 9.98. The number of amides is 1. The van der Waals surface area contributed by atoms with E-state index in [0.717, 1.165) is 5.56 Å². The molecule has 1 amide bonds. The van der Waals surface area contributed by atoms with Crippen LogP contribution in [-0.2, 0) is 22.1 Å². The first-order valence-electron chi connectivity index (χ1n) is 10.2. The zero-order valence-corrected chi connectivity index (χ0v) is 19.1. The Morgan fingerprint density at radius 2 is 1.73 bits per heavy atom. The molecule has 1 aromatic heterocycles. The highest BCUT2D eigenvalue weighted by atomic mass is 31.2. The number of hydrogen-bond donors (Lipinski definition) is 3. The van der Waals surface area contributed by atoms with Gasteiger partial charge in [0.25, 0.3) is 5.91 Å². The number of carboxylic acids is 1. The summed E-state index contributed by atoms with van der Waals surface area (Å²) in [6.07, 6.45) is -0.707. The van der Waals surface area contributed by atoms with Crippen LogP contribution in [0.2, 0.25) is 0 Å². The Kier molecular flexibility index (Phi) is 7.48. The Morgan fingerprint density at radius 3 is 2.27 bits per heavy atom. The maximum atomic E-state index is 13.4. The highest BCUT2D eigenvalue weighted by Crippen LogP contribution is 2.39. The number of rotatable bonds is 9. The fraction of sp³-hybridized carbons (Fsp3) is 0.261. The molecule has 0 bridgehead atoms. The highest BCUT2D eigenvalue weighted by Gasteiger charge is 2.30. The smallest absolute Gasteiger partial charge is 0.329 e. The van der Waals surface area contributed by atoms with Gasteiger partial charge in [0.05, 0.1) is 18.6 Å². The molecule has 0 radical (unpaired) electrons. The molecule has 1 unspecified atom stereocenters. The van der Waals surface area contributed by atoms with E-state index in [4.69, 9.17) is 4.52 Å². The second-order valence-corrected chi connectivity index (χ2v) is 9.57. The third kappa shape index (κ3) is 6.86. The van der Waals surface area contributed by atoms with Gasteiger partial charge in [0.2, 0.25) is 0 Å². The summed E-state index contributed by atoms with van der Waals surface area (Å²) in [6.45, 7) is 3.60. The molecule has 9 nitrogen and oxygen atoms in total. The highest BCUT2D eigenvalue weighted by molar-refractivity contribution is 7.50. The lowest BCUT2D eigenvalue weighted by Crippen LogP contribution is -2.36. The van der Waals surface area contributed by atoms with E-state index in [2.05, 4.69) is 5.16 Å². The van der Waals surface area contributed by atoms with Crippen LogP contribution in [0.1, 0.15) is 51.0 Å². The summed E-state index contributed by atoms with van der Waals surface area (Å²) in [6, 6.07) is 14.5. The van der Waals surface area contributed by atoms with Gasteiger partial charge in [-0.2, -0.15) is 0 Å². The first-order chi connectivity index (χ1) is 15.5. The van der Waals surface area contributed by atoms with Crippen LogP contribution in [0.5, 0.6) is 0 Å². The van der Waals surface area contributed by atoms with E-state index in [1.165, 1.54) is 11.0 Å². The standard InChI is InChI=1S/C23H25N2O7P/c1-15-4-3-5-19(10-15)21(12-22(26)27)25(23(28)20-11-16(2)32-24-20)13-17-6-8-18(9-7-17)14-33(29,30)31/h3-11,21H,12-14H2,1-2H3,(H,26,27)(H2,29,30,31). The minimum absolute atomic E-state index is 0.0623. The molecule has 174 valence electrons. The van der Waals surface area contributed by atoms with Gasteiger partial charge in [-0.3, -0.25) is 14.2 Å². The molecule has 3 aromatic rings. The van der Waals surface area contributed by atoms with Gasteiger partial charge in [-0.05, 0) is 30.5 Å². The predicted octanol–water partition coefficient (Wildman–Crippen LogP) is 3.83. The van der Waals surface area contributed by atoms with Crippen LogP contribution in [0.3, 0.4) is 0 Å². The van der Waals surface area contributed by atoms with E-state index in [-0.39, 0.29) is 24.8 Å². The van der Waals surface area contributed by atoms with Gasteiger partial charge < -0.3 is 24.3 Å². The third-order valence-electron chi connectivity index (χ3n) is 5.04. The maximum absolute atomic E-state index is 13.4. The molecule has 0 saturated heterocycles. The molecule has 0 spiro atoms. The second kappa shape index (κ2) is 10.1. The van der Waals surface area contributed by atoms with E-state index < -0.39 is 25.5 Å². The largest absolute Gasteiger partial charge is 0.481 e. The monoisotopic (exact) mass is 472 g/mol. The summed E-state index contributed by atoms with van der Waals surface area (Å²) < 4.78 is 16.3. The Morgan fingerprint density at radius 1 is 1.06 bits per heavy atom. The summed E-state index contributed by atoms with van der Waals surface area (Å²) in [5, 5.41) is 13.4. The van der Waals surface area contributed by atoms with Gasteiger partial charge in [0.15, 0.2) is 5.69 Å². The van der Waals surface area contributed by atoms with Gasteiger partial charge in [0.1, 0.15) is 5.76 Å². The minimum Gasteiger partial charge on any atom is -0.481 e. The SMILES string of the molecule is Cc1cccc(C(CC(=O)O)N(Cc2ccc(CP(=O)(O)O)cc2)C(=O)c2cc(C)on2)c1. The van der Waals surface area contributed by atoms with Crippen LogP contribution in [0.4, 0.5) is 0 Å². The van der Waals surface area contributed by atoms with Gasteiger partial charge in [0, 0.05) is 12.6 Å².